The van der Waals surface area contributed by atoms with E-state index in [1.807, 2.05) is 0 Å². The molecule has 0 amide bonds. The van der Waals surface area contributed by atoms with Crippen molar-refractivity contribution in [2.24, 2.45) is 0 Å². The van der Waals surface area contributed by atoms with E-state index in [0.29, 0.717) is 6.04 Å². The van der Waals surface area contributed by atoms with Crippen LogP contribution in [0.2, 0.25) is 0 Å². The summed E-state index contributed by atoms with van der Waals surface area (Å²) in [6, 6.07) is 15.2. The second kappa shape index (κ2) is 7.91. The Kier molecular flexibility index (Phi) is 5.87. The van der Waals surface area contributed by atoms with Crippen molar-refractivity contribution in [3.63, 3.8) is 0 Å². The molecule has 108 valence electrons. The largest absolute Gasteiger partial charge is 0.493 e. The van der Waals surface area contributed by atoms with Crippen LogP contribution in [0.3, 0.4) is 0 Å². The van der Waals surface area contributed by atoms with Crippen LogP contribution in [0.1, 0.15) is 33.1 Å². The highest BCUT2D eigenvalue weighted by atomic mass is 16.5. The van der Waals surface area contributed by atoms with Crippen molar-refractivity contribution in [1.82, 2.24) is 5.32 Å². The Balaban J connectivity index is 1.73. The van der Waals surface area contributed by atoms with Crippen molar-refractivity contribution >= 4 is 10.8 Å². The summed E-state index contributed by atoms with van der Waals surface area (Å²) in [5.41, 5.74) is 0. The van der Waals surface area contributed by atoms with E-state index >= 15 is 0 Å². The number of nitrogens with one attached hydrogen (secondary N) is 1. The lowest BCUT2D eigenvalue weighted by molar-refractivity contribution is 0.308. The lowest BCUT2D eigenvalue weighted by Gasteiger charge is -2.10. The summed E-state index contributed by atoms with van der Waals surface area (Å²) in [7, 11) is 0. The van der Waals surface area contributed by atoms with E-state index in [4.69, 9.17) is 4.74 Å². The van der Waals surface area contributed by atoms with Gasteiger partial charge in [-0.25, -0.2) is 0 Å². The molecule has 0 spiro atoms. The van der Waals surface area contributed by atoms with Gasteiger partial charge in [0.2, 0.25) is 0 Å². The Hall–Kier alpha value is -1.54. The van der Waals surface area contributed by atoms with Gasteiger partial charge in [0.1, 0.15) is 5.75 Å². The van der Waals surface area contributed by atoms with Crippen molar-refractivity contribution in [2.75, 3.05) is 13.2 Å². The van der Waals surface area contributed by atoms with Crippen LogP contribution < -0.4 is 10.1 Å². The zero-order chi connectivity index (χ0) is 14.2. The van der Waals surface area contributed by atoms with Gasteiger partial charge in [0.05, 0.1) is 6.61 Å². The average molecular weight is 271 g/mol. The van der Waals surface area contributed by atoms with Crippen LogP contribution in [-0.2, 0) is 0 Å². The maximum Gasteiger partial charge on any atom is 0.127 e. The normalized spacial score (nSPS) is 11.2. The third kappa shape index (κ3) is 4.53. The number of ether oxygens (including phenoxy) is 1. The van der Waals surface area contributed by atoms with Gasteiger partial charge in [0.25, 0.3) is 0 Å². The molecule has 0 fully saturated rings. The molecule has 0 unspecified atom stereocenters. The molecule has 2 aromatic rings. The van der Waals surface area contributed by atoms with Gasteiger partial charge in [0.15, 0.2) is 0 Å². The smallest absolute Gasteiger partial charge is 0.127 e. The second-order valence-electron chi connectivity index (χ2n) is 5.50. The average Bonchev–Trinajstić information content (AvgIpc) is 2.46. The van der Waals surface area contributed by atoms with Crippen molar-refractivity contribution in [3.05, 3.63) is 42.5 Å². The lowest BCUT2D eigenvalue weighted by Crippen LogP contribution is -2.23. The zero-order valence-electron chi connectivity index (χ0n) is 12.6. The number of fused-ring (bicyclic) bond motifs is 1. The monoisotopic (exact) mass is 271 g/mol. The molecule has 0 heterocycles. The summed E-state index contributed by atoms with van der Waals surface area (Å²) in [5, 5.41) is 5.88. The number of hydrogen-bond donors (Lipinski definition) is 1. The molecule has 1 N–H and O–H groups in total. The van der Waals surface area contributed by atoms with E-state index in [9.17, 15) is 0 Å². The molecule has 0 aliphatic carbocycles. The second-order valence-corrected chi connectivity index (χ2v) is 5.50. The molecule has 2 heteroatoms. The Morgan fingerprint density at radius 2 is 1.75 bits per heavy atom. The van der Waals surface area contributed by atoms with E-state index in [1.54, 1.807) is 0 Å². The van der Waals surface area contributed by atoms with Crippen LogP contribution in [0, 0.1) is 0 Å². The first-order valence-electron chi connectivity index (χ1n) is 7.61. The minimum absolute atomic E-state index is 0.585. The van der Waals surface area contributed by atoms with E-state index < -0.39 is 0 Å². The number of unbranched alkanes of at least 4 members (excludes halogenated alkanes) is 2. The van der Waals surface area contributed by atoms with Gasteiger partial charge in [-0.2, -0.15) is 0 Å². The standard InChI is InChI=1S/C18H25NO/c1-15(2)19-13-6-3-7-14-20-18-12-8-10-16-9-4-5-11-17(16)18/h4-5,8-12,15,19H,3,6-7,13-14H2,1-2H3. The number of benzene rings is 2. The van der Waals surface area contributed by atoms with Gasteiger partial charge in [-0.3, -0.25) is 0 Å². The van der Waals surface area contributed by atoms with E-state index in [0.717, 1.165) is 25.3 Å². The topological polar surface area (TPSA) is 21.3 Å². The molecule has 0 atom stereocenters. The quantitative estimate of drug-likeness (QED) is 0.719. The van der Waals surface area contributed by atoms with Crippen LogP contribution in [0.25, 0.3) is 10.8 Å². The van der Waals surface area contributed by atoms with Gasteiger partial charge in [-0.15, -0.1) is 0 Å². The highest BCUT2D eigenvalue weighted by Crippen LogP contribution is 2.25. The zero-order valence-corrected chi connectivity index (χ0v) is 12.6. The van der Waals surface area contributed by atoms with Gasteiger partial charge in [-0.05, 0) is 37.3 Å². The molecule has 0 aromatic heterocycles. The molecule has 2 rings (SSSR count). The maximum absolute atomic E-state index is 5.93. The highest BCUT2D eigenvalue weighted by molar-refractivity contribution is 5.88. The molecule has 2 aromatic carbocycles. The fourth-order valence-corrected chi connectivity index (χ4v) is 2.30. The fraction of sp³-hybridized carbons (Fsp3) is 0.444. The SMILES string of the molecule is CC(C)NCCCCCOc1cccc2ccccc12. The summed E-state index contributed by atoms with van der Waals surface area (Å²) in [5.74, 6) is 1.00. The molecule has 0 saturated carbocycles. The molecule has 0 aliphatic rings. The van der Waals surface area contributed by atoms with Crippen molar-refractivity contribution < 1.29 is 4.74 Å². The van der Waals surface area contributed by atoms with Crippen molar-refractivity contribution in [2.45, 2.75) is 39.2 Å². The molecule has 0 saturated heterocycles. The van der Waals surface area contributed by atoms with Crippen LogP contribution in [0.4, 0.5) is 0 Å². The van der Waals surface area contributed by atoms with Gasteiger partial charge < -0.3 is 10.1 Å². The van der Waals surface area contributed by atoms with Crippen LogP contribution >= 0.6 is 0 Å². The van der Waals surface area contributed by atoms with Gasteiger partial charge in [0, 0.05) is 11.4 Å². The number of hydrogen-bond acceptors (Lipinski definition) is 2. The predicted molar refractivity (Wildman–Crippen MR) is 86.4 cm³/mol. The summed E-state index contributed by atoms with van der Waals surface area (Å²) in [4.78, 5) is 0. The Labute approximate surface area is 122 Å². The van der Waals surface area contributed by atoms with Crippen molar-refractivity contribution in [1.29, 1.82) is 0 Å². The highest BCUT2D eigenvalue weighted by Gasteiger charge is 2.00. The summed E-state index contributed by atoms with van der Waals surface area (Å²) in [6.07, 6.45) is 3.55. The maximum atomic E-state index is 5.93. The van der Waals surface area contributed by atoms with E-state index in [1.165, 1.54) is 23.6 Å². The van der Waals surface area contributed by atoms with E-state index in [2.05, 4.69) is 61.6 Å². The third-order valence-corrected chi connectivity index (χ3v) is 3.38. The Morgan fingerprint density at radius 3 is 2.60 bits per heavy atom. The summed E-state index contributed by atoms with van der Waals surface area (Å²) >= 11 is 0. The molecule has 0 radical (unpaired) electrons. The van der Waals surface area contributed by atoms with Gasteiger partial charge in [-0.1, -0.05) is 50.2 Å². The first kappa shape index (κ1) is 14.9. The summed E-state index contributed by atoms with van der Waals surface area (Å²) in [6.45, 7) is 6.27. The molecule has 0 aliphatic heterocycles. The number of rotatable bonds is 8. The summed E-state index contributed by atoms with van der Waals surface area (Å²) < 4.78 is 5.93. The molecule has 0 bridgehead atoms. The first-order valence-corrected chi connectivity index (χ1v) is 7.61. The van der Waals surface area contributed by atoms with Crippen LogP contribution in [0.5, 0.6) is 5.75 Å². The lowest BCUT2D eigenvalue weighted by atomic mass is 10.1. The fourth-order valence-electron chi connectivity index (χ4n) is 2.30. The minimum Gasteiger partial charge on any atom is -0.493 e. The third-order valence-electron chi connectivity index (χ3n) is 3.38. The predicted octanol–water partition coefficient (Wildman–Crippen LogP) is 4.39. The molecule has 2 nitrogen and oxygen atoms in total. The molecular weight excluding hydrogens is 246 g/mol. The molecular formula is C18H25NO. The van der Waals surface area contributed by atoms with Crippen LogP contribution in [-0.4, -0.2) is 19.2 Å². The Morgan fingerprint density at radius 1 is 0.950 bits per heavy atom. The first-order chi connectivity index (χ1) is 9.77. The van der Waals surface area contributed by atoms with E-state index in [-0.39, 0.29) is 0 Å². The van der Waals surface area contributed by atoms with Gasteiger partial charge >= 0.3 is 0 Å². The Bertz CT molecular complexity index is 516. The minimum atomic E-state index is 0.585. The van der Waals surface area contributed by atoms with Crippen LogP contribution in [0.15, 0.2) is 42.5 Å². The molecule has 20 heavy (non-hydrogen) atoms. The van der Waals surface area contributed by atoms with Crippen molar-refractivity contribution in [3.8, 4) is 5.75 Å².